The van der Waals surface area contributed by atoms with Crippen LogP contribution in [0.15, 0.2) is 22.7 Å². The fourth-order valence-corrected chi connectivity index (χ4v) is 1.41. The summed E-state index contributed by atoms with van der Waals surface area (Å²) in [7, 11) is 1.27. The number of carboxylic acid groups (broad SMARTS) is 1. The zero-order valence-electron chi connectivity index (χ0n) is 9.11. The lowest BCUT2D eigenvalue weighted by molar-refractivity contribution is 0.0652. The Kier molecular flexibility index (Phi) is 2.97. The van der Waals surface area contributed by atoms with E-state index < -0.39 is 28.9 Å². The third-order valence-corrected chi connectivity index (χ3v) is 2.23. The van der Waals surface area contributed by atoms with E-state index in [1.165, 1.54) is 7.11 Å². The van der Waals surface area contributed by atoms with Gasteiger partial charge in [0.1, 0.15) is 23.1 Å². The van der Waals surface area contributed by atoms with Gasteiger partial charge in [0.15, 0.2) is 0 Å². The Morgan fingerprint density at radius 2 is 1.94 bits per heavy atom. The number of aromatic carboxylic acids is 1. The number of rotatable bonds is 3. The number of aromatic nitrogens is 1. The van der Waals surface area contributed by atoms with Crippen LogP contribution in [0, 0.1) is 11.6 Å². The smallest absolute Gasteiger partial charge is 0.374 e. The van der Waals surface area contributed by atoms with Gasteiger partial charge in [-0.05, 0) is 0 Å². The van der Waals surface area contributed by atoms with Gasteiger partial charge in [0.05, 0.1) is 12.7 Å². The molecule has 2 rings (SSSR count). The number of hydrogen-bond acceptors (Lipinski definition) is 4. The summed E-state index contributed by atoms with van der Waals surface area (Å²) in [6.45, 7) is 0. The SMILES string of the molecule is COc1cc(F)c(-c2cc(C(=O)O)on2)c(F)c1. The largest absolute Gasteiger partial charge is 0.497 e. The zero-order chi connectivity index (χ0) is 13.3. The molecule has 0 saturated carbocycles. The van der Waals surface area contributed by atoms with E-state index in [4.69, 9.17) is 9.84 Å². The van der Waals surface area contributed by atoms with Crippen LogP contribution in [0.3, 0.4) is 0 Å². The quantitative estimate of drug-likeness (QED) is 0.911. The van der Waals surface area contributed by atoms with Crippen LogP contribution in [0.5, 0.6) is 5.75 Å². The van der Waals surface area contributed by atoms with Gasteiger partial charge in [-0.3, -0.25) is 0 Å². The van der Waals surface area contributed by atoms with Crippen molar-refractivity contribution in [1.29, 1.82) is 0 Å². The minimum Gasteiger partial charge on any atom is -0.497 e. The van der Waals surface area contributed by atoms with Gasteiger partial charge in [-0.25, -0.2) is 13.6 Å². The van der Waals surface area contributed by atoms with Crippen LogP contribution < -0.4 is 4.74 Å². The summed E-state index contributed by atoms with van der Waals surface area (Å²) in [5, 5.41) is 11.9. The lowest BCUT2D eigenvalue weighted by Crippen LogP contribution is -1.94. The normalized spacial score (nSPS) is 10.4. The van der Waals surface area contributed by atoms with Gasteiger partial charge < -0.3 is 14.4 Å². The van der Waals surface area contributed by atoms with Crippen LogP contribution in [-0.2, 0) is 0 Å². The summed E-state index contributed by atoms with van der Waals surface area (Å²) in [6, 6.07) is 2.87. The molecule has 0 amide bonds. The summed E-state index contributed by atoms with van der Waals surface area (Å²) in [4.78, 5) is 10.6. The van der Waals surface area contributed by atoms with Crippen LogP contribution in [0.25, 0.3) is 11.3 Å². The van der Waals surface area contributed by atoms with Gasteiger partial charge in [0.25, 0.3) is 0 Å². The van der Waals surface area contributed by atoms with Crippen molar-refractivity contribution in [2.75, 3.05) is 7.11 Å². The first-order chi connectivity index (χ1) is 8.52. The van der Waals surface area contributed by atoms with Crippen LogP contribution in [-0.4, -0.2) is 23.3 Å². The highest BCUT2D eigenvalue weighted by Crippen LogP contribution is 2.29. The second kappa shape index (κ2) is 4.44. The third kappa shape index (κ3) is 2.02. The molecule has 1 aromatic heterocycles. The van der Waals surface area contributed by atoms with E-state index in [1.807, 2.05) is 0 Å². The van der Waals surface area contributed by atoms with Crippen molar-refractivity contribution in [2.24, 2.45) is 0 Å². The molecule has 0 bridgehead atoms. The predicted octanol–water partition coefficient (Wildman–Crippen LogP) is 2.33. The number of benzene rings is 1. The molecule has 1 aromatic carbocycles. The molecule has 1 N–H and O–H groups in total. The molecule has 0 unspecified atom stereocenters. The number of ether oxygens (including phenoxy) is 1. The van der Waals surface area contributed by atoms with E-state index in [0.29, 0.717) is 0 Å². The average Bonchev–Trinajstić information content (AvgIpc) is 2.77. The van der Waals surface area contributed by atoms with E-state index in [1.54, 1.807) is 0 Å². The first-order valence-corrected chi connectivity index (χ1v) is 4.76. The first kappa shape index (κ1) is 12.0. The van der Waals surface area contributed by atoms with E-state index >= 15 is 0 Å². The van der Waals surface area contributed by atoms with Crippen molar-refractivity contribution in [3.63, 3.8) is 0 Å². The summed E-state index contributed by atoms with van der Waals surface area (Å²) in [5.74, 6) is -3.70. The topological polar surface area (TPSA) is 72.6 Å². The zero-order valence-corrected chi connectivity index (χ0v) is 9.11. The molecule has 18 heavy (non-hydrogen) atoms. The second-order valence-electron chi connectivity index (χ2n) is 3.35. The van der Waals surface area contributed by atoms with E-state index in [0.717, 1.165) is 18.2 Å². The maximum absolute atomic E-state index is 13.6. The average molecular weight is 255 g/mol. The van der Waals surface area contributed by atoms with Crippen LogP contribution >= 0.6 is 0 Å². The molecular weight excluding hydrogens is 248 g/mol. The van der Waals surface area contributed by atoms with Crippen molar-refractivity contribution in [3.05, 3.63) is 35.6 Å². The number of halogens is 2. The molecule has 94 valence electrons. The van der Waals surface area contributed by atoms with Crippen molar-refractivity contribution < 1.29 is 27.9 Å². The van der Waals surface area contributed by atoms with Gasteiger partial charge in [0.2, 0.25) is 5.76 Å². The fraction of sp³-hybridized carbons (Fsp3) is 0.0909. The van der Waals surface area contributed by atoms with Gasteiger partial charge in [-0.2, -0.15) is 0 Å². The first-order valence-electron chi connectivity index (χ1n) is 4.76. The molecular formula is C11H7F2NO4. The maximum Gasteiger partial charge on any atom is 0.374 e. The Labute approximate surface area is 99.6 Å². The lowest BCUT2D eigenvalue weighted by Gasteiger charge is -2.04. The molecule has 0 saturated heterocycles. The van der Waals surface area contributed by atoms with E-state index in [9.17, 15) is 13.6 Å². The molecule has 0 aliphatic heterocycles. The molecule has 0 atom stereocenters. The minimum absolute atomic E-state index is 0.00991. The predicted molar refractivity (Wildman–Crippen MR) is 55.4 cm³/mol. The summed E-state index contributed by atoms with van der Waals surface area (Å²) >= 11 is 0. The van der Waals surface area contributed by atoms with Crippen LogP contribution in [0.1, 0.15) is 10.6 Å². The van der Waals surface area contributed by atoms with Gasteiger partial charge in [0, 0.05) is 18.2 Å². The van der Waals surface area contributed by atoms with E-state index in [-0.39, 0.29) is 11.4 Å². The molecule has 1 heterocycles. The number of hydrogen-bond donors (Lipinski definition) is 1. The highest BCUT2D eigenvalue weighted by molar-refractivity contribution is 5.85. The molecule has 0 fully saturated rings. The molecule has 5 nitrogen and oxygen atoms in total. The Balaban J connectivity index is 2.53. The molecule has 7 heteroatoms. The standard InChI is InChI=1S/C11H7F2NO4/c1-17-5-2-6(12)10(7(13)3-5)8-4-9(11(15)16)18-14-8/h2-4H,1H3,(H,15,16). The van der Waals surface area contributed by atoms with Crippen LogP contribution in [0.4, 0.5) is 8.78 Å². The minimum atomic E-state index is -1.37. The Bertz CT molecular complexity index is 586. The molecule has 0 spiro atoms. The lowest BCUT2D eigenvalue weighted by atomic mass is 10.1. The Morgan fingerprint density at radius 1 is 1.33 bits per heavy atom. The van der Waals surface area contributed by atoms with Crippen LogP contribution in [0.2, 0.25) is 0 Å². The Morgan fingerprint density at radius 3 is 2.39 bits per heavy atom. The second-order valence-corrected chi connectivity index (χ2v) is 3.35. The molecule has 0 aliphatic rings. The molecule has 2 aromatic rings. The summed E-state index contributed by atoms with van der Waals surface area (Å²) < 4.78 is 36.4. The summed E-state index contributed by atoms with van der Waals surface area (Å²) in [5.41, 5.74) is -0.697. The number of carbonyl (C=O) groups is 1. The molecule has 0 aliphatic carbocycles. The van der Waals surface area contributed by atoms with Crippen molar-refractivity contribution in [1.82, 2.24) is 5.16 Å². The van der Waals surface area contributed by atoms with E-state index in [2.05, 4.69) is 9.68 Å². The van der Waals surface area contributed by atoms with Crippen molar-refractivity contribution >= 4 is 5.97 Å². The molecule has 0 radical (unpaired) electrons. The van der Waals surface area contributed by atoms with Gasteiger partial charge in [-0.1, -0.05) is 5.16 Å². The van der Waals surface area contributed by atoms with Crippen molar-refractivity contribution in [2.45, 2.75) is 0 Å². The fourth-order valence-electron chi connectivity index (χ4n) is 1.41. The summed E-state index contributed by atoms with van der Waals surface area (Å²) in [6.07, 6.45) is 0. The number of carboxylic acids is 1. The van der Waals surface area contributed by atoms with Crippen molar-refractivity contribution in [3.8, 4) is 17.0 Å². The van der Waals surface area contributed by atoms with Gasteiger partial charge in [-0.15, -0.1) is 0 Å². The monoisotopic (exact) mass is 255 g/mol. The van der Waals surface area contributed by atoms with Gasteiger partial charge >= 0.3 is 5.97 Å². The highest BCUT2D eigenvalue weighted by atomic mass is 19.1. The highest BCUT2D eigenvalue weighted by Gasteiger charge is 2.19. The number of nitrogens with zero attached hydrogens (tertiary/aromatic N) is 1. The number of methoxy groups -OCH3 is 1. The third-order valence-electron chi connectivity index (χ3n) is 2.23. The Hall–Kier alpha value is -2.44. The maximum atomic E-state index is 13.6.